The summed E-state index contributed by atoms with van der Waals surface area (Å²) < 4.78 is 0. The van der Waals surface area contributed by atoms with Crippen molar-refractivity contribution in [1.29, 1.82) is 0 Å². The van der Waals surface area contributed by atoms with Crippen LogP contribution in [0.15, 0.2) is 0 Å². The van der Waals surface area contributed by atoms with E-state index in [1.54, 1.807) is 0 Å². The van der Waals surface area contributed by atoms with Gasteiger partial charge in [0.25, 0.3) is 0 Å². The minimum atomic E-state index is 0.248. The van der Waals surface area contributed by atoms with Crippen molar-refractivity contribution in [1.82, 2.24) is 4.90 Å². The van der Waals surface area contributed by atoms with Crippen molar-refractivity contribution in [2.24, 2.45) is 23.0 Å². The molecule has 2 atom stereocenters. The first-order chi connectivity index (χ1) is 8.34. The van der Waals surface area contributed by atoms with Crippen LogP contribution in [0.5, 0.6) is 0 Å². The van der Waals surface area contributed by atoms with Crippen molar-refractivity contribution in [3.05, 3.63) is 0 Å². The van der Waals surface area contributed by atoms with Gasteiger partial charge in [-0.2, -0.15) is 0 Å². The van der Waals surface area contributed by atoms with E-state index in [-0.39, 0.29) is 5.41 Å². The van der Waals surface area contributed by atoms with Gasteiger partial charge < -0.3 is 10.6 Å². The van der Waals surface area contributed by atoms with Crippen LogP contribution in [0, 0.1) is 17.3 Å². The van der Waals surface area contributed by atoms with Crippen LogP contribution >= 0.6 is 0 Å². The summed E-state index contributed by atoms with van der Waals surface area (Å²) in [6, 6.07) is 0. The minimum Gasteiger partial charge on any atom is -0.342 e. The van der Waals surface area contributed by atoms with Crippen molar-refractivity contribution in [2.75, 3.05) is 19.6 Å². The third kappa shape index (κ3) is 4.60. The summed E-state index contributed by atoms with van der Waals surface area (Å²) in [6.07, 6.45) is 3.85. The van der Waals surface area contributed by atoms with Crippen molar-refractivity contribution >= 4 is 5.91 Å². The molecule has 3 nitrogen and oxygen atoms in total. The molecular weight excluding hydrogens is 224 g/mol. The van der Waals surface area contributed by atoms with Gasteiger partial charge in [0, 0.05) is 19.5 Å². The Morgan fingerprint density at radius 2 is 2.06 bits per heavy atom. The third-order valence-corrected chi connectivity index (χ3v) is 4.22. The van der Waals surface area contributed by atoms with Gasteiger partial charge in [0.1, 0.15) is 0 Å². The molecular formula is C15H30N2O. The Bertz CT molecular complexity index is 270. The topological polar surface area (TPSA) is 46.3 Å². The smallest absolute Gasteiger partial charge is 0.222 e. The normalized spacial score (nSPS) is 22.3. The molecule has 1 heterocycles. The fourth-order valence-electron chi connectivity index (χ4n) is 2.83. The van der Waals surface area contributed by atoms with Crippen molar-refractivity contribution < 1.29 is 4.79 Å². The zero-order valence-electron chi connectivity index (χ0n) is 12.5. The SMILES string of the molecule is CC1CCN(C(=O)CCC(CCN)C(C)(C)C)C1. The van der Waals surface area contributed by atoms with Crippen LogP contribution in [0.25, 0.3) is 0 Å². The van der Waals surface area contributed by atoms with Crippen LogP contribution < -0.4 is 5.73 Å². The third-order valence-electron chi connectivity index (χ3n) is 4.22. The molecule has 1 rings (SSSR count). The highest BCUT2D eigenvalue weighted by molar-refractivity contribution is 5.76. The van der Waals surface area contributed by atoms with E-state index in [1.165, 1.54) is 0 Å². The Morgan fingerprint density at radius 3 is 2.50 bits per heavy atom. The molecule has 1 saturated heterocycles. The molecule has 0 spiro atoms. The Kier molecular flexibility index (Phi) is 5.64. The van der Waals surface area contributed by atoms with Crippen molar-refractivity contribution in [2.45, 2.75) is 53.4 Å². The number of nitrogens with zero attached hydrogens (tertiary/aromatic N) is 1. The predicted octanol–water partition coefficient (Wildman–Crippen LogP) is 2.65. The molecule has 2 unspecified atom stereocenters. The second-order valence-corrected chi connectivity index (χ2v) is 6.91. The van der Waals surface area contributed by atoms with Crippen LogP contribution in [0.3, 0.4) is 0 Å². The molecule has 0 radical (unpaired) electrons. The molecule has 0 aromatic carbocycles. The molecule has 1 aliphatic rings. The molecule has 106 valence electrons. The Hall–Kier alpha value is -0.570. The van der Waals surface area contributed by atoms with Crippen LogP contribution in [0.1, 0.15) is 53.4 Å². The van der Waals surface area contributed by atoms with Gasteiger partial charge in [0.2, 0.25) is 5.91 Å². The first kappa shape index (κ1) is 15.5. The Morgan fingerprint density at radius 1 is 1.39 bits per heavy atom. The van der Waals surface area contributed by atoms with Crippen LogP contribution in [-0.2, 0) is 4.79 Å². The quantitative estimate of drug-likeness (QED) is 0.820. The van der Waals surface area contributed by atoms with Gasteiger partial charge in [-0.3, -0.25) is 4.79 Å². The van der Waals surface area contributed by atoms with E-state index >= 15 is 0 Å². The van der Waals surface area contributed by atoms with Gasteiger partial charge in [-0.1, -0.05) is 27.7 Å². The fourth-order valence-corrected chi connectivity index (χ4v) is 2.83. The maximum Gasteiger partial charge on any atom is 0.222 e. The maximum absolute atomic E-state index is 12.1. The number of hydrogen-bond acceptors (Lipinski definition) is 2. The zero-order valence-corrected chi connectivity index (χ0v) is 12.5. The van der Waals surface area contributed by atoms with E-state index in [0.717, 1.165) is 38.9 Å². The summed E-state index contributed by atoms with van der Waals surface area (Å²) in [5.74, 6) is 1.56. The average Bonchev–Trinajstić information content (AvgIpc) is 2.69. The number of hydrogen-bond donors (Lipinski definition) is 1. The number of likely N-dealkylation sites (tertiary alicyclic amines) is 1. The van der Waals surface area contributed by atoms with Gasteiger partial charge in [-0.25, -0.2) is 0 Å². The molecule has 0 saturated carbocycles. The first-order valence-electron chi connectivity index (χ1n) is 7.32. The van der Waals surface area contributed by atoms with E-state index in [1.807, 2.05) is 4.90 Å². The van der Waals surface area contributed by atoms with E-state index < -0.39 is 0 Å². The molecule has 0 aromatic rings. The predicted molar refractivity (Wildman–Crippen MR) is 76.2 cm³/mol. The van der Waals surface area contributed by atoms with E-state index in [4.69, 9.17) is 5.73 Å². The highest BCUT2D eigenvalue weighted by atomic mass is 16.2. The minimum absolute atomic E-state index is 0.248. The van der Waals surface area contributed by atoms with Gasteiger partial charge in [0.15, 0.2) is 0 Å². The fraction of sp³-hybridized carbons (Fsp3) is 0.933. The Balaban J connectivity index is 2.40. The summed E-state index contributed by atoms with van der Waals surface area (Å²) in [7, 11) is 0. The van der Waals surface area contributed by atoms with E-state index in [0.29, 0.717) is 24.2 Å². The summed E-state index contributed by atoms with van der Waals surface area (Å²) in [6.45, 7) is 11.6. The molecule has 0 aliphatic carbocycles. The summed E-state index contributed by atoms with van der Waals surface area (Å²) in [4.78, 5) is 14.2. The summed E-state index contributed by atoms with van der Waals surface area (Å²) >= 11 is 0. The van der Waals surface area contributed by atoms with Crippen LogP contribution in [-0.4, -0.2) is 30.4 Å². The van der Waals surface area contributed by atoms with Crippen LogP contribution in [0.4, 0.5) is 0 Å². The van der Waals surface area contributed by atoms with E-state index in [9.17, 15) is 4.79 Å². The van der Waals surface area contributed by atoms with Crippen LogP contribution in [0.2, 0.25) is 0 Å². The van der Waals surface area contributed by atoms with Gasteiger partial charge in [-0.15, -0.1) is 0 Å². The number of carbonyl (C=O) groups is 1. The number of carbonyl (C=O) groups excluding carboxylic acids is 1. The highest BCUT2D eigenvalue weighted by Gasteiger charge is 2.27. The van der Waals surface area contributed by atoms with Gasteiger partial charge in [0.05, 0.1) is 0 Å². The van der Waals surface area contributed by atoms with Gasteiger partial charge in [-0.05, 0) is 43.1 Å². The molecule has 1 aliphatic heterocycles. The summed E-state index contributed by atoms with van der Waals surface area (Å²) in [5, 5.41) is 0. The summed E-state index contributed by atoms with van der Waals surface area (Å²) in [5.41, 5.74) is 5.93. The molecule has 3 heteroatoms. The van der Waals surface area contributed by atoms with Crippen molar-refractivity contribution in [3.63, 3.8) is 0 Å². The molecule has 0 aromatic heterocycles. The monoisotopic (exact) mass is 254 g/mol. The van der Waals surface area contributed by atoms with Crippen molar-refractivity contribution in [3.8, 4) is 0 Å². The average molecular weight is 254 g/mol. The first-order valence-corrected chi connectivity index (χ1v) is 7.32. The standard InChI is InChI=1S/C15H30N2O/c1-12-8-10-17(11-12)14(18)6-5-13(7-9-16)15(2,3)4/h12-13H,5-11,16H2,1-4H3. The maximum atomic E-state index is 12.1. The Labute approximate surface area is 112 Å². The molecule has 2 N–H and O–H groups in total. The highest BCUT2D eigenvalue weighted by Crippen LogP contribution is 2.32. The lowest BCUT2D eigenvalue weighted by Gasteiger charge is -2.31. The molecule has 1 amide bonds. The number of rotatable bonds is 5. The molecule has 18 heavy (non-hydrogen) atoms. The molecule has 1 fully saturated rings. The lowest BCUT2D eigenvalue weighted by molar-refractivity contribution is -0.130. The lowest BCUT2D eigenvalue weighted by atomic mass is 9.76. The second-order valence-electron chi connectivity index (χ2n) is 6.91. The zero-order chi connectivity index (χ0) is 13.8. The van der Waals surface area contributed by atoms with E-state index in [2.05, 4.69) is 27.7 Å². The lowest BCUT2D eigenvalue weighted by Crippen LogP contribution is -2.30. The largest absolute Gasteiger partial charge is 0.342 e. The van der Waals surface area contributed by atoms with Gasteiger partial charge >= 0.3 is 0 Å². The number of amides is 1. The molecule has 0 bridgehead atoms. The second kappa shape index (κ2) is 6.55. The number of nitrogens with two attached hydrogens (primary N) is 1.